The normalized spacial score (nSPS) is 31.7. The van der Waals surface area contributed by atoms with Gasteiger partial charge in [-0.3, -0.25) is 14.6 Å². The highest BCUT2D eigenvalue weighted by atomic mass is 32.2. The van der Waals surface area contributed by atoms with Gasteiger partial charge in [-0.15, -0.1) is 0 Å². The largest absolute Gasteiger partial charge is 0.433 e. The number of fused-ring (bicyclic) bond motifs is 1. The summed E-state index contributed by atoms with van der Waals surface area (Å²) in [6.45, 7) is 5.33. The third-order valence-electron chi connectivity index (χ3n) is 8.02. The Morgan fingerprint density at radius 2 is 1.97 bits per heavy atom. The second-order valence-electron chi connectivity index (χ2n) is 9.89. The molecule has 4 aliphatic rings. The predicted octanol–water partition coefficient (Wildman–Crippen LogP) is 4.91. The van der Waals surface area contributed by atoms with Crippen LogP contribution in [0.3, 0.4) is 0 Å². The average Bonchev–Trinajstić information content (AvgIpc) is 3.19. The molecule has 2 saturated carbocycles. The summed E-state index contributed by atoms with van der Waals surface area (Å²) in [7, 11) is 0. The van der Waals surface area contributed by atoms with Crippen molar-refractivity contribution >= 4 is 11.8 Å². The highest BCUT2D eigenvalue weighted by Crippen LogP contribution is 2.64. The number of pyridine rings is 1. The lowest BCUT2D eigenvalue weighted by atomic mass is 9.91. The van der Waals surface area contributed by atoms with Gasteiger partial charge in [0.05, 0.1) is 5.69 Å². The molecule has 2 aromatic rings. The van der Waals surface area contributed by atoms with E-state index < -0.39 is 11.9 Å². The van der Waals surface area contributed by atoms with Crippen molar-refractivity contribution in [1.82, 2.24) is 19.7 Å². The lowest BCUT2D eigenvalue weighted by Gasteiger charge is -2.38. The van der Waals surface area contributed by atoms with Gasteiger partial charge in [0.2, 0.25) is 0 Å². The minimum absolute atomic E-state index is 0.486. The number of hydrogen-bond acceptors (Lipinski definition) is 4. The van der Waals surface area contributed by atoms with Crippen LogP contribution in [0.25, 0.3) is 11.3 Å². The van der Waals surface area contributed by atoms with Crippen molar-refractivity contribution in [2.24, 2.45) is 17.3 Å². The van der Waals surface area contributed by atoms with Crippen LogP contribution >= 0.6 is 11.8 Å². The molecule has 166 valence electrons. The summed E-state index contributed by atoms with van der Waals surface area (Å²) in [4.78, 5) is 6.23. The van der Waals surface area contributed by atoms with Gasteiger partial charge in [0, 0.05) is 59.4 Å². The van der Waals surface area contributed by atoms with Crippen molar-refractivity contribution in [3.8, 4) is 11.3 Å². The van der Waals surface area contributed by atoms with Crippen molar-refractivity contribution in [3.05, 3.63) is 35.8 Å². The maximum Gasteiger partial charge on any atom is 0.433 e. The molecule has 1 spiro atoms. The van der Waals surface area contributed by atoms with Crippen molar-refractivity contribution in [1.29, 1.82) is 0 Å². The lowest BCUT2D eigenvalue weighted by Crippen LogP contribution is -2.41. The van der Waals surface area contributed by atoms with Crippen LogP contribution < -0.4 is 0 Å². The molecule has 2 aliphatic carbocycles. The van der Waals surface area contributed by atoms with E-state index in [1.165, 1.54) is 55.7 Å². The monoisotopic (exact) mass is 448 g/mol. The van der Waals surface area contributed by atoms with Crippen LogP contribution in [0.4, 0.5) is 13.2 Å². The number of hydrogen-bond donors (Lipinski definition) is 0. The second-order valence-corrected chi connectivity index (χ2v) is 10.9. The molecule has 0 radical (unpaired) electrons. The number of aryl methyl sites for hydroxylation is 1. The molecule has 2 unspecified atom stereocenters. The van der Waals surface area contributed by atoms with Crippen molar-refractivity contribution in [2.75, 3.05) is 24.6 Å². The van der Waals surface area contributed by atoms with Gasteiger partial charge in [0.1, 0.15) is 5.69 Å². The molecule has 8 heteroatoms. The molecule has 0 aromatic carbocycles. The zero-order valence-electron chi connectivity index (χ0n) is 17.6. The molecule has 4 nitrogen and oxygen atoms in total. The van der Waals surface area contributed by atoms with Crippen LogP contribution in [0.5, 0.6) is 0 Å². The topological polar surface area (TPSA) is 34.0 Å². The molecule has 6 rings (SSSR count). The van der Waals surface area contributed by atoms with Crippen LogP contribution in [-0.4, -0.2) is 50.3 Å². The molecule has 0 bridgehead atoms. The number of likely N-dealkylation sites (tertiary alicyclic amines) is 1. The minimum atomic E-state index is -4.44. The third kappa shape index (κ3) is 3.32. The molecule has 0 N–H and O–H groups in total. The number of rotatable bonds is 4. The van der Waals surface area contributed by atoms with Crippen LogP contribution in [0.2, 0.25) is 0 Å². The number of aromatic nitrogens is 3. The fourth-order valence-corrected chi connectivity index (χ4v) is 7.55. The first kappa shape index (κ1) is 20.1. The van der Waals surface area contributed by atoms with Gasteiger partial charge in [0.15, 0.2) is 0 Å². The zero-order chi connectivity index (χ0) is 21.4. The maximum atomic E-state index is 13.1. The van der Waals surface area contributed by atoms with E-state index in [2.05, 4.69) is 33.7 Å². The Balaban J connectivity index is 1.18. The molecular weight excluding hydrogens is 421 g/mol. The Bertz CT molecular complexity index is 987. The van der Waals surface area contributed by atoms with E-state index in [1.54, 1.807) is 6.07 Å². The summed E-state index contributed by atoms with van der Waals surface area (Å²) in [5, 5.41) is 4.65. The molecule has 4 fully saturated rings. The first-order chi connectivity index (χ1) is 14.9. The molecule has 2 aromatic heterocycles. The van der Waals surface area contributed by atoms with E-state index in [-0.39, 0.29) is 0 Å². The smallest absolute Gasteiger partial charge is 0.300 e. The van der Waals surface area contributed by atoms with Gasteiger partial charge in [-0.2, -0.15) is 30.0 Å². The molecule has 31 heavy (non-hydrogen) atoms. The van der Waals surface area contributed by atoms with Gasteiger partial charge in [-0.1, -0.05) is 0 Å². The third-order valence-corrected chi connectivity index (χ3v) is 9.65. The Morgan fingerprint density at radius 1 is 1.19 bits per heavy atom. The highest BCUT2D eigenvalue weighted by molar-refractivity contribution is 8.00. The van der Waals surface area contributed by atoms with Gasteiger partial charge < -0.3 is 0 Å². The molecule has 2 saturated heterocycles. The molecular formula is C23H27F3N4S. The van der Waals surface area contributed by atoms with Crippen molar-refractivity contribution in [3.63, 3.8) is 0 Å². The van der Waals surface area contributed by atoms with E-state index >= 15 is 0 Å². The average molecular weight is 449 g/mol. The quantitative estimate of drug-likeness (QED) is 0.665. The molecule has 4 heterocycles. The summed E-state index contributed by atoms with van der Waals surface area (Å²) in [5.74, 6) is 4.60. The van der Waals surface area contributed by atoms with Gasteiger partial charge >= 0.3 is 6.18 Å². The Hall–Kier alpha value is -1.54. The molecule has 2 atom stereocenters. The van der Waals surface area contributed by atoms with E-state index in [4.69, 9.17) is 0 Å². The van der Waals surface area contributed by atoms with Crippen LogP contribution in [-0.2, 0) is 12.7 Å². The van der Waals surface area contributed by atoms with E-state index in [9.17, 15) is 13.2 Å². The van der Waals surface area contributed by atoms with Gasteiger partial charge in [-0.05, 0) is 62.8 Å². The fraction of sp³-hybridized carbons (Fsp3) is 0.652. The minimum Gasteiger partial charge on any atom is -0.300 e. The first-order valence-electron chi connectivity index (χ1n) is 11.3. The summed E-state index contributed by atoms with van der Waals surface area (Å²) >= 11 is 2.09. The second kappa shape index (κ2) is 6.98. The Kier molecular flexibility index (Phi) is 4.52. The Morgan fingerprint density at radius 3 is 2.58 bits per heavy atom. The molecule has 0 amide bonds. The van der Waals surface area contributed by atoms with Gasteiger partial charge in [-0.25, -0.2) is 0 Å². The fourth-order valence-electron chi connectivity index (χ4n) is 6.30. The Labute approximate surface area is 184 Å². The summed E-state index contributed by atoms with van der Waals surface area (Å²) in [6.07, 6.45) is 0.670. The highest BCUT2D eigenvalue weighted by Gasteiger charge is 2.59. The molecule has 2 aliphatic heterocycles. The summed E-state index contributed by atoms with van der Waals surface area (Å²) in [5.41, 5.74) is 2.06. The van der Waals surface area contributed by atoms with Crippen molar-refractivity contribution < 1.29 is 13.2 Å². The summed E-state index contributed by atoms with van der Waals surface area (Å²) in [6, 6.07) is 5.47. The van der Waals surface area contributed by atoms with Crippen LogP contribution in [0, 0.1) is 17.3 Å². The number of nitrogens with zero attached hydrogens (tertiary/aromatic N) is 4. The van der Waals surface area contributed by atoms with E-state index in [0.717, 1.165) is 18.7 Å². The SMILES string of the molecule is CCn1nc(-c2ccnc(C(F)(F)F)c2)cc1C1C2CC(N3CCC4(CSC4)C3)CC21. The standard InChI is InChI=1S/C23H27F3N4S/c1-2-30-19(10-18(28-30)14-3-5-27-20(7-14)23(24,25)26)21-16-8-15(9-17(16)21)29-6-4-22(11-29)12-31-13-22/h3,5,7,10,15-17,21H,2,4,6,8-9,11-13H2,1H3. The number of thioether (sulfide) groups is 1. The zero-order valence-corrected chi connectivity index (χ0v) is 18.4. The maximum absolute atomic E-state index is 13.1. The van der Waals surface area contributed by atoms with Crippen LogP contribution in [0.15, 0.2) is 24.4 Å². The van der Waals surface area contributed by atoms with E-state index in [0.29, 0.717) is 34.4 Å². The van der Waals surface area contributed by atoms with Crippen molar-refractivity contribution in [2.45, 2.75) is 50.9 Å². The number of alkyl halides is 3. The van der Waals surface area contributed by atoms with Gasteiger partial charge in [0.25, 0.3) is 0 Å². The summed E-state index contributed by atoms with van der Waals surface area (Å²) < 4.78 is 41.2. The lowest BCUT2D eigenvalue weighted by molar-refractivity contribution is -0.141. The van der Waals surface area contributed by atoms with E-state index in [1.807, 2.05) is 10.7 Å². The van der Waals surface area contributed by atoms with Crippen LogP contribution in [0.1, 0.15) is 43.5 Å². The number of halogens is 3. The first-order valence-corrected chi connectivity index (χ1v) is 12.5. The predicted molar refractivity (Wildman–Crippen MR) is 115 cm³/mol.